The SMILES string of the molecule is Cc1cc(N2CCN(CCNC(=O)c3cc(C)[nH]c3-c3ccccc3OC(F)(F)F)CC2)ccn1. The number of anilines is 1. The van der Waals surface area contributed by atoms with E-state index in [1.54, 1.807) is 19.1 Å². The number of pyridine rings is 1. The number of para-hydroxylation sites is 1. The quantitative estimate of drug-likeness (QED) is 0.524. The zero-order valence-corrected chi connectivity index (χ0v) is 19.7. The molecule has 7 nitrogen and oxygen atoms in total. The van der Waals surface area contributed by atoms with E-state index in [0.717, 1.165) is 37.6 Å². The Balaban J connectivity index is 1.35. The van der Waals surface area contributed by atoms with Gasteiger partial charge in [-0.05, 0) is 44.2 Å². The topological polar surface area (TPSA) is 73.5 Å². The second kappa shape index (κ2) is 10.4. The fourth-order valence-corrected chi connectivity index (χ4v) is 4.25. The second-order valence-electron chi connectivity index (χ2n) is 8.52. The summed E-state index contributed by atoms with van der Waals surface area (Å²) >= 11 is 0. The number of benzene rings is 1. The zero-order chi connectivity index (χ0) is 25.0. The van der Waals surface area contributed by atoms with Gasteiger partial charge in [-0.2, -0.15) is 0 Å². The molecule has 1 fully saturated rings. The summed E-state index contributed by atoms with van der Waals surface area (Å²) in [5, 5.41) is 2.90. The highest BCUT2D eigenvalue weighted by molar-refractivity contribution is 6.01. The molecule has 10 heteroatoms. The Morgan fingerprint density at radius 2 is 1.86 bits per heavy atom. The van der Waals surface area contributed by atoms with Gasteiger partial charge in [0.15, 0.2) is 0 Å². The number of aryl methyl sites for hydroxylation is 2. The minimum absolute atomic E-state index is 0.172. The fourth-order valence-electron chi connectivity index (χ4n) is 4.25. The maximum Gasteiger partial charge on any atom is 0.573 e. The van der Waals surface area contributed by atoms with E-state index >= 15 is 0 Å². The van der Waals surface area contributed by atoms with Crippen LogP contribution in [0.3, 0.4) is 0 Å². The van der Waals surface area contributed by atoms with Crippen LogP contribution < -0.4 is 15.0 Å². The number of H-pyrrole nitrogens is 1. The molecule has 4 rings (SSSR count). The van der Waals surface area contributed by atoms with Gasteiger partial charge in [-0.15, -0.1) is 13.2 Å². The van der Waals surface area contributed by atoms with Gasteiger partial charge in [0, 0.05) is 68.1 Å². The van der Waals surface area contributed by atoms with E-state index in [0.29, 0.717) is 24.5 Å². The largest absolute Gasteiger partial charge is 0.573 e. The highest BCUT2D eigenvalue weighted by Crippen LogP contribution is 2.35. The molecule has 0 saturated carbocycles. The van der Waals surface area contributed by atoms with E-state index in [1.807, 2.05) is 19.2 Å². The van der Waals surface area contributed by atoms with Crippen molar-refractivity contribution in [2.45, 2.75) is 20.2 Å². The Kier molecular flexibility index (Phi) is 7.30. The van der Waals surface area contributed by atoms with Crippen molar-refractivity contribution in [1.29, 1.82) is 0 Å². The average Bonchev–Trinajstić information content (AvgIpc) is 3.20. The normalized spacial score (nSPS) is 14.7. The van der Waals surface area contributed by atoms with Crippen molar-refractivity contribution in [2.75, 3.05) is 44.2 Å². The number of hydrogen-bond acceptors (Lipinski definition) is 5. The lowest BCUT2D eigenvalue weighted by molar-refractivity contribution is -0.274. The van der Waals surface area contributed by atoms with Crippen molar-refractivity contribution < 1.29 is 22.7 Å². The molecule has 1 aliphatic rings. The van der Waals surface area contributed by atoms with Crippen LogP contribution in [0.15, 0.2) is 48.7 Å². The van der Waals surface area contributed by atoms with Crippen LogP contribution in [0.5, 0.6) is 5.75 Å². The van der Waals surface area contributed by atoms with Gasteiger partial charge >= 0.3 is 6.36 Å². The van der Waals surface area contributed by atoms with Crippen LogP contribution in [0.1, 0.15) is 21.7 Å². The van der Waals surface area contributed by atoms with Crippen molar-refractivity contribution >= 4 is 11.6 Å². The van der Waals surface area contributed by atoms with Gasteiger partial charge in [-0.25, -0.2) is 0 Å². The number of nitrogens with one attached hydrogen (secondary N) is 2. The van der Waals surface area contributed by atoms with Crippen molar-refractivity contribution in [1.82, 2.24) is 20.2 Å². The lowest BCUT2D eigenvalue weighted by Crippen LogP contribution is -2.48. The first-order chi connectivity index (χ1) is 16.7. The highest BCUT2D eigenvalue weighted by atomic mass is 19.4. The molecule has 2 N–H and O–H groups in total. The van der Waals surface area contributed by atoms with Crippen LogP contribution in [0.2, 0.25) is 0 Å². The van der Waals surface area contributed by atoms with Gasteiger partial charge in [0.25, 0.3) is 5.91 Å². The minimum Gasteiger partial charge on any atom is -0.405 e. The molecule has 0 aliphatic carbocycles. The molecular formula is C25H28F3N5O2. The number of nitrogens with zero attached hydrogens (tertiary/aromatic N) is 3. The standard InChI is InChI=1S/C25H28F3N5O2/c1-17-15-19(7-8-29-17)33-13-11-32(12-14-33)10-9-30-24(34)21-16-18(2)31-23(21)20-5-3-4-6-22(20)35-25(26,27)28/h3-8,15-16,31H,9-14H2,1-2H3,(H,30,34). The van der Waals surface area contributed by atoms with E-state index in [4.69, 9.17) is 0 Å². The molecule has 3 heterocycles. The van der Waals surface area contributed by atoms with Crippen molar-refractivity contribution in [2.24, 2.45) is 0 Å². The number of carbonyl (C=O) groups is 1. The number of ether oxygens (including phenoxy) is 1. The number of rotatable bonds is 7. The number of halogens is 3. The van der Waals surface area contributed by atoms with Gasteiger partial charge in [-0.1, -0.05) is 12.1 Å². The molecule has 0 atom stereocenters. The molecular weight excluding hydrogens is 459 g/mol. The molecule has 2 aromatic heterocycles. The summed E-state index contributed by atoms with van der Waals surface area (Å²) in [5.74, 6) is -0.713. The van der Waals surface area contributed by atoms with Gasteiger partial charge < -0.3 is 19.9 Å². The monoisotopic (exact) mass is 487 g/mol. The Morgan fingerprint density at radius 1 is 1.11 bits per heavy atom. The van der Waals surface area contributed by atoms with Gasteiger partial charge in [-0.3, -0.25) is 14.7 Å². The molecule has 1 amide bonds. The summed E-state index contributed by atoms with van der Waals surface area (Å²) < 4.78 is 42.8. The molecule has 0 radical (unpaired) electrons. The van der Waals surface area contributed by atoms with E-state index in [1.165, 1.54) is 18.2 Å². The van der Waals surface area contributed by atoms with Crippen LogP contribution >= 0.6 is 0 Å². The lowest BCUT2D eigenvalue weighted by atomic mass is 10.1. The van der Waals surface area contributed by atoms with Crippen LogP contribution in [-0.2, 0) is 0 Å². The van der Waals surface area contributed by atoms with Crippen LogP contribution in [0.25, 0.3) is 11.3 Å². The third kappa shape index (κ3) is 6.33. The van der Waals surface area contributed by atoms with Crippen molar-refractivity contribution in [3.63, 3.8) is 0 Å². The smallest absolute Gasteiger partial charge is 0.405 e. The number of piperazine rings is 1. The van der Waals surface area contributed by atoms with E-state index in [-0.39, 0.29) is 22.8 Å². The van der Waals surface area contributed by atoms with Crippen molar-refractivity contribution in [3.05, 3.63) is 65.6 Å². The van der Waals surface area contributed by atoms with Crippen LogP contribution in [-0.4, -0.2) is 66.4 Å². The number of hydrogen-bond donors (Lipinski definition) is 2. The molecule has 0 bridgehead atoms. The maximum absolute atomic E-state index is 12.9. The molecule has 0 spiro atoms. The summed E-state index contributed by atoms with van der Waals surface area (Å²) in [6.07, 6.45) is -3.02. The Bertz CT molecular complexity index is 1170. The highest BCUT2D eigenvalue weighted by Gasteiger charge is 2.33. The molecule has 0 unspecified atom stereocenters. The predicted molar refractivity (Wildman–Crippen MR) is 128 cm³/mol. The molecule has 1 aliphatic heterocycles. The molecule has 1 aromatic carbocycles. The number of carbonyl (C=O) groups excluding carboxylic acids is 1. The summed E-state index contributed by atoms with van der Waals surface area (Å²) in [6.45, 7) is 8.34. The van der Waals surface area contributed by atoms with E-state index < -0.39 is 6.36 Å². The van der Waals surface area contributed by atoms with Crippen LogP contribution in [0, 0.1) is 13.8 Å². The molecule has 186 valence electrons. The van der Waals surface area contributed by atoms with Crippen LogP contribution in [0.4, 0.5) is 18.9 Å². The first-order valence-corrected chi connectivity index (χ1v) is 11.4. The third-order valence-corrected chi connectivity index (χ3v) is 5.91. The molecule has 1 saturated heterocycles. The fraction of sp³-hybridized carbons (Fsp3) is 0.360. The zero-order valence-electron chi connectivity index (χ0n) is 19.7. The lowest BCUT2D eigenvalue weighted by Gasteiger charge is -2.36. The van der Waals surface area contributed by atoms with Gasteiger partial charge in [0.2, 0.25) is 0 Å². The van der Waals surface area contributed by atoms with Gasteiger partial charge in [0.1, 0.15) is 5.75 Å². The number of alkyl halides is 3. The second-order valence-corrected chi connectivity index (χ2v) is 8.52. The number of amides is 1. The van der Waals surface area contributed by atoms with Gasteiger partial charge in [0.05, 0.1) is 11.3 Å². The summed E-state index contributed by atoms with van der Waals surface area (Å²) in [7, 11) is 0. The molecule has 35 heavy (non-hydrogen) atoms. The maximum atomic E-state index is 12.9. The third-order valence-electron chi connectivity index (χ3n) is 5.91. The number of aromatic nitrogens is 2. The predicted octanol–water partition coefficient (Wildman–Crippen LogP) is 4.14. The average molecular weight is 488 g/mol. The minimum atomic E-state index is -4.83. The Hall–Kier alpha value is -3.53. The van der Waals surface area contributed by atoms with Crippen molar-refractivity contribution in [3.8, 4) is 17.0 Å². The first kappa shape index (κ1) is 24.6. The first-order valence-electron chi connectivity index (χ1n) is 11.4. The Morgan fingerprint density at radius 3 is 2.57 bits per heavy atom. The summed E-state index contributed by atoms with van der Waals surface area (Å²) in [4.78, 5) is 24.8. The summed E-state index contributed by atoms with van der Waals surface area (Å²) in [5.41, 5.74) is 3.55. The number of aromatic amines is 1. The summed E-state index contributed by atoms with van der Waals surface area (Å²) in [6, 6.07) is 11.5. The van der Waals surface area contributed by atoms with E-state index in [9.17, 15) is 18.0 Å². The molecule has 3 aromatic rings. The Labute approximate surface area is 201 Å². The van der Waals surface area contributed by atoms with E-state index in [2.05, 4.69) is 35.9 Å².